The minimum Gasteiger partial charge on any atom is -0.391 e. The van der Waals surface area contributed by atoms with Gasteiger partial charge in [-0.1, -0.05) is 0 Å². The van der Waals surface area contributed by atoms with Crippen LogP contribution < -0.4 is 0 Å². The summed E-state index contributed by atoms with van der Waals surface area (Å²) in [6, 6.07) is 1.98. The highest BCUT2D eigenvalue weighted by atomic mass is 32.1. The van der Waals surface area contributed by atoms with Gasteiger partial charge in [-0.05, 0) is 48.1 Å². The quantitative estimate of drug-likeness (QED) is 0.873. The molecular weight excluding hydrogens is 234 g/mol. The fraction of sp³-hybridized carbons (Fsp3) is 0.615. The fourth-order valence-electron chi connectivity index (χ4n) is 2.00. The Kier molecular flexibility index (Phi) is 3.84. The van der Waals surface area contributed by atoms with Crippen molar-refractivity contribution in [1.29, 1.82) is 0 Å². The van der Waals surface area contributed by atoms with E-state index in [1.807, 2.05) is 23.8 Å². The number of amides is 1. The summed E-state index contributed by atoms with van der Waals surface area (Å²) >= 11 is 1.61. The summed E-state index contributed by atoms with van der Waals surface area (Å²) in [5.74, 6) is 0.391. The Labute approximate surface area is 106 Å². The number of likely N-dealkylation sites (N-methyl/N-ethyl adjacent to an activating group) is 1. The van der Waals surface area contributed by atoms with Crippen molar-refractivity contribution in [3.63, 3.8) is 0 Å². The van der Waals surface area contributed by atoms with Gasteiger partial charge < -0.3 is 10.0 Å². The molecule has 0 spiro atoms. The third-order valence-corrected chi connectivity index (χ3v) is 4.12. The topological polar surface area (TPSA) is 40.5 Å². The van der Waals surface area contributed by atoms with Crippen molar-refractivity contribution in [1.82, 2.24) is 4.90 Å². The molecule has 1 saturated carbocycles. The summed E-state index contributed by atoms with van der Waals surface area (Å²) in [4.78, 5) is 13.8. The monoisotopic (exact) mass is 253 g/mol. The van der Waals surface area contributed by atoms with Crippen LogP contribution in [0, 0.1) is 5.92 Å². The van der Waals surface area contributed by atoms with Crippen molar-refractivity contribution in [2.75, 3.05) is 13.6 Å². The van der Waals surface area contributed by atoms with Crippen molar-refractivity contribution in [2.24, 2.45) is 5.92 Å². The first-order valence-corrected chi connectivity index (χ1v) is 6.99. The molecule has 3 nitrogen and oxygen atoms in total. The number of aliphatic hydroxyl groups excluding tert-OH is 1. The van der Waals surface area contributed by atoms with Crippen molar-refractivity contribution < 1.29 is 9.90 Å². The molecule has 17 heavy (non-hydrogen) atoms. The average molecular weight is 253 g/mol. The number of nitrogens with zero attached hydrogens (tertiary/aromatic N) is 1. The van der Waals surface area contributed by atoms with Crippen LogP contribution in [-0.2, 0) is 4.79 Å². The standard InChI is InChI=1S/C13H19NO2S/c1-9(11-5-6-17-8-11)13(16)14(2)7-12(15)10-3-4-10/h5-6,8-10,12,15H,3-4,7H2,1-2H3. The number of hydrogen-bond acceptors (Lipinski definition) is 3. The molecule has 0 radical (unpaired) electrons. The molecule has 1 aromatic heterocycles. The van der Waals surface area contributed by atoms with Gasteiger partial charge in [0.25, 0.3) is 0 Å². The lowest BCUT2D eigenvalue weighted by molar-refractivity contribution is -0.132. The third kappa shape index (κ3) is 3.07. The van der Waals surface area contributed by atoms with E-state index in [1.54, 1.807) is 23.3 Å². The molecule has 1 aromatic rings. The molecular formula is C13H19NO2S. The Morgan fingerprint density at radius 1 is 1.65 bits per heavy atom. The van der Waals surface area contributed by atoms with E-state index >= 15 is 0 Å². The summed E-state index contributed by atoms with van der Waals surface area (Å²) in [5, 5.41) is 13.8. The maximum Gasteiger partial charge on any atom is 0.229 e. The van der Waals surface area contributed by atoms with Gasteiger partial charge in [0.05, 0.1) is 12.0 Å². The molecule has 1 aliphatic carbocycles. The largest absolute Gasteiger partial charge is 0.391 e. The highest BCUT2D eigenvalue weighted by Crippen LogP contribution is 2.33. The summed E-state index contributed by atoms with van der Waals surface area (Å²) < 4.78 is 0. The van der Waals surface area contributed by atoms with Gasteiger partial charge in [0, 0.05) is 13.6 Å². The summed E-state index contributed by atoms with van der Waals surface area (Å²) in [6.07, 6.45) is 1.85. The fourth-order valence-corrected chi connectivity index (χ4v) is 2.75. The van der Waals surface area contributed by atoms with Crippen molar-refractivity contribution >= 4 is 17.2 Å². The molecule has 94 valence electrons. The zero-order valence-electron chi connectivity index (χ0n) is 10.3. The second-order valence-electron chi connectivity index (χ2n) is 4.90. The van der Waals surface area contributed by atoms with Gasteiger partial charge in [-0.3, -0.25) is 4.79 Å². The van der Waals surface area contributed by atoms with Gasteiger partial charge in [-0.25, -0.2) is 0 Å². The molecule has 0 saturated heterocycles. The summed E-state index contributed by atoms with van der Waals surface area (Å²) in [6.45, 7) is 2.38. The number of aliphatic hydroxyl groups is 1. The Bertz CT molecular complexity index is 373. The Morgan fingerprint density at radius 2 is 2.35 bits per heavy atom. The zero-order chi connectivity index (χ0) is 12.4. The molecule has 0 aliphatic heterocycles. The van der Waals surface area contributed by atoms with Crippen molar-refractivity contribution in [3.8, 4) is 0 Å². The van der Waals surface area contributed by atoms with Gasteiger partial charge in [0.2, 0.25) is 5.91 Å². The first-order valence-electron chi connectivity index (χ1n) is 6.04. The van der Waals surface area contributed by atoms with Crippen LogP contribution in [0.5, 0.6) is 0 Å². The summed E-state index contributed by atoms with van der Waals surface area (Å²) in [5.41, 5.74) is 1.06. The van der Waals surface area contributed by atoms with E-state index in [-0.39, 0.29) is 17.9 Å². The first kappa shape index (κ1) is 12.6. The second-order valence-corrected chi connectivity index (χ2v) is 5.68. The van der Waals surface area contributed by atoms with Crippen LogP contribution in [-0.4, -0.2) is 35.6 Å². The molecule has 2 unspecified atom stereocenters. The maximum atomic E-state index is 12.1. The van der Waals surface area contributed by atoms with Gasteiger partial charge in [-0.15, -0.1) is 0 Å². The lowest BCUT2D eigenvalue weighted by atomic mass is 10.0. The number of carbonyl (C=O) groups is 1. The molecule has 1 aliphatic rings. The van der Waals surface area contributed by atoms with E-state index in [9.17, 15) is 9.90 Å². The minimum atomic E-state index is -0.348. The van der Waals surface area contributed by atoms with E-state index in [1.165, 1.54) is 0 Å². The highest BCUT2D eigenvalue weighted by molar-refractivity contribution is 7.08. The minimum absolute atomic E-state index is 0.0862. The predicted molar refractivity (Wildman–Crippen MR) is 69.1 cm³/mol. The van der Waals surface area contributed by atoms with Crippen LogP contribution in [0.1, 0.15) is 31.2 Å². The highest BCUT2D eigenvalue weighted by Gasteiger charge is 2.31. The normalized spacial score (nSPS) is 18.8. The zero-order valence-corrected chi connectivity index (χ0v) is 11.1. The van der Waals surface area contributed by atoms with Crippen molar-refractivity contribution in [2.45, 2.75) is 31.8 Å². The van der Waals surface area contributed by atoms with Crippen LogP contribution in [0.3, 0.4) is 0 Å². The Balaban J connectivity index is 1.89. The van der Waals surface area contributed by atoms with E-state index in [4.69, 9.17) is 0 Å². The van der Waals surface area contributed by atoms with Crippen LogP contribution in [0.4, 0.5) is 0 Å². The Hall–Kier alpha value is -0.870. The molecule has 1 N–H and O–H groups in total. The van der Waals surface area contributed by atoms with Crippen molar-refractivity contribution in [3.05, 3.63) is 22.4 Å². The van der Waals surface area contributed by atoms with Gasteiger partial charge >= 0.3 is 0 Å². The molecule has 2 atom stereocenters. The lowest BCUT2D eigenvalue weighted by Gasteiger charge is -2.23. The smallest absolute Gasteiger partial charge is 0.229 e. The van der Waals surface area contributed by atoms with Gasteiger partial charge in [-0.2, -0.15) is 11.3 Å². The molecule has 2 rings (SSSR count). The predicted octanol–water partition coefficient (Wildman–Crippen LogP) is 2.08. The van der Waals surface area contributed by atoms with Gasteiger partial charge in [0.15, 0.2) is 0 Å². The maximum absolute atomic E-state index is 12.1. The number of carbonyl (C=O) groups excluding carboxylic acids is 1. The van der Waals surface area contributed by atoms with Crippen LogP contribution in [0.2, 0.25) is 0 Å². The number of hydrogen-bond donors (Lipinski definition) is 1. The number of thiophene rings is 1. The first-order chi connectivity index (χ1) is 8.09. The van der Waals surface area contributed by atoms with E-state index in [2.05, 4.69) is 0 Å². The molecule has 1 fully saturated rings. The summed E-state index contributed by atoms with van der Waals surface area (Å²) in [7, 11) is 1.77. The number of rotatable bonds is 5. The molecule has 0 aromatic carbocycles. The lowest BCUT2D eigenvalue weighted by Crippen LogP contribution is -2.37. The van der Waals surface area contributed by atoms with Crippen LogP contribution in [0.15, 0.2) is 16.8 Å². The van der Waals surface area contributed by atoms with Crippen LogP contribution >= 0.6 is 11.3 Å². The SMILES string of the molecule is CC(C(=O)N(C)CC(O)C1CC1)c1ccsc1. The second kappa shape index (κ2) is 5.19. The molecule has 0 bridgehead atoms. The van der Waals surface area contributed by atoms with E-state index in [0.717, 1.165) is 18.4 Å². The molecule has 1 heterocycles. The molecule has 4 heteroatoms. The van der Waals surface area contributed by atoms with Crippen LogP contribution in [0.25, 0.3) is 0 Å². The third-order valence-electron chi connectivity index (χ3n) is 3.42. The average Bonchev–Trinajstić information content (AvgIpc) is 3.03. The Morgan fingerprint density at radius 3 is 2.88 bits per heavy atom. The van der Waals surface area contributed by atoms with E-state index < -0.39 is 0 Å². The van der Waals surface area contributed by atoms with E-state index in [0.29, 0.717) is 12.5 Å². The van der Waals surface area contributed by atoms with Gasteiger partial charge in [0.1, 0.15) is 0 Å². The molecule has 1 amide bonds.